The van der Waals surface area contributed by atoms with Gasteiger partial charge in [0.05, 0.1) is 26.9 Å². The largest absolute Gasteiger partial charge is 0.278 e. The van der Waals surface area contributed by atoms with Crippen molar-refractivity contribution in [3.05, 3.63) is 194 Å². The van der Waals surface area contributed by atoms with Gasteiger partial charge < -0.3 is 0 Å². The molecule has 0 saturated heterocycles. The van der Waals surface area contributed by atoms with Gasteiger partial charge in [0.25, 0.3) is 0 Å². The van der Waals surface area contributed by atoms with Crippen molar-refractivity contribution in [2.24, 2.45) is 0 Å². The smallest absolute Gasteiger partial charge is 0.238 e. The van der Waals surface area contributed by atoms with Crippen LogP contribution in [0.1, 0.15) is 0 Å². The molecule has 0 N–H and O–H groups in total. The summed E-state index contributed by atoms with van der Waals surface area (Å²) in [6.07, 6.45) is 0. The molecule has 13 rings (SSSR count). The first-order chi connectivity index (χ1) is 31.2. The molecule has 0 bridgehead atoms. The summed E-state index contributed by atoms with van der Waals surface area (Å²) in [5, 5.41) is 5.66. The Hall–Kier alpha value is -7.91. The summed E-state index contributed by atoms with van der Waals surface area (Å²) in [5.41, 5.74) is 10.2. The third-order valence-corrected chi connectivity index (χ3v) is 14.3. The molecule has 0 aliphatic carbocycles. The van der Waals surface area contributed by atoms with Crippen molar-refractivity contribution >= 4 is 85.0 Å². The van der Waals surface area contributed by atoms with Crippen LogP contribution in [0.15, 0.2) is 194 Å². The Morgan fingerprint density at radius 3 is 1.73 bits per heavy atom. The predicted octanol–water partition coefficient (Wildman–Crippen LogP) is 14.8. The van der Waals surface area contributed by atoms with E-state index in [0.717, 1.165) is 96.7 Å². The first-order valence-corrected chi connectivity index (χ1v) is 22.5. The van der Waals surface area contributed by atoms with Crippen LogP contribution in [0.25, 0.3) is 125 Å². The maximum atomic E-state index is 5.40. The van der Waals surface area contributed by atoms with E-state index >= 15 is 0 Å². The fourth-order valence-corrected chi connectivity index (χ4v) is 11.5. The second kappa shape index (κ2) is 14.3. The van der Waals surface area contributed by atoms with Crippen LogP contribution in [0, 0.1) is 0 Å². The number of benzene rings is 8. The van der Waals surface area contributed by atoms with Gasteiger partial charge in [-0.3, -0.25) is 4.57 Å². The van der Waals surface area contributed by atoms with Crippen LogP contribution < -0.4 is 0 Å². The molecular formula is C55H32N6S2. The maximum absolute atomic E-state index is 5.40. The molecule has 0 spiro atoms. The summed E-state index contributed by atoms with van der Waals surface area (Å²) in [6.45, 7) is 0. The molecule has 0 radical (unpaired) electrons. The molecule has 0 amide bonds. The minimum Gasteiger partial charge on any atom is -0.278 e. The van der Waals surface area contributed by atoms with Gasteiger partial charge in [-0.1, -0.05) is 164 Å². The third-order valence-electron chi connectivity index (χ3n) is 11.9. The van der Waals surface area contributed by atoms with Crippen LogP contribution in [-0.2, 0) is 0 Å². The minimum absolute atomic E-state index is 0.562. The Labute approximate surface area is 369 Å². The number of aromatic nitrogens is 6. The zero-order valence-corrected chi connectivity index (χ0v) is 35.1. The fourth-order valence-electron chi connectivity index (χ4n) is 9.11. The molecule has 0 saturated carbocycles. The van der Waals surface area contributed by atoms with E-state index in [1.165, 1.54) is 4.70 Å². The molecule has 0 atom stereocenters. The van der Waals surface area contributed by atoms with Gasteiger partial charge in [0.2, 0.25) is 5.95 Å². The highest BCUT2D eigenvalue weighted by molar-refractivity contribution is 7.26. The summed E-state index contributed by atoms with van der Waals surface area (Å²) in [5.74, 6) is 2.48. The maximum Gasteiger partial charge on any atom is 0.238 e. The topological polar surface area (TPSA) is 69.4 Å². The predicted molar refractivity (Wildman–Crippen MR) is 263 cm³/mol. The molecule has 8 aromatic carbocycles. The lowest BCUT2D eigenvalue weighted by Gasteiger charge is -2.12. The number of thiophene rings is 2. The Kier molecular flexibility index (Phi) is 8.15. The summed E-state index contributed by atoms with van der Waals surface area (Å²) in [4.78, 5) is 26.7. The lowest BCUT2D eigenvalue weighted by Crippen LogP contribution is -2.06. The first kappa shape index (κ1) is 35.8. The van der Waals surface area contributed by atoms with Crippen LogP contribution in [-0.4, -0.2) is 29.5 Å². The van der Waals surface area contributed by atoms with Crippen LogP contribution in [0.2, 0.25) is 0 Å². The van der Waals surface area contributed by atoms with E-state index in [1.54, 1.807) is 22.7 Å². The van der Waals surface area contributed by atoms with Crippen molar-refractivity contribution in [1.82, 2.24) is 29.5 Å². The summed E-state index contributed by atoms with van der Waals surface area (Å²) in [7, 11) is 0. The molecule has 0 fully saturated rings. The minimum atomic E-state index is 0.562. The highest BCUT2D eigenvalue weighted by Crippen LogP contribution is 2.46. The molecule has 5 heterocycles. The Balaban J connectivity index is 1.05. The van der Waals surface area contributed by atoms with Crippen molar-refractivity contribution in [3.63, 3.8) is 0 Å². The quantitative estimate of drug-likeness (QED) is 0.167. The molecule has 13 aromatic rings. The number of fused-ring (bicyclic) bond motifs is 9. The zero-order valence-electron chi connectivity index (χ0n) is 33.5. The van der Waals surface area contributed by atoms with Crippen molar-refractivity contribution in [3.8, 4) is 62.5 Å². The van der Waals surface area contributed by atoms with Gasteiger partial charge in [0.15, 0.2) is 17.5 Å². The Morgan fingerprint density at radius 1 is 0.333 bits per heavy atom. The third kappa shape index (κ3) is 5.73. The van der Waals surface area contributed by atoms with Crippen molar-refractivity contribution < 1.29 is 0 Å². The van der Waals surface area contributed by atoms with Crippen LogP contribution in [0.4, 0.5) is 0 Å². The average Bonchev–Trinajstić information content (AvgIpc) is 4.04. The zero-order chi connectivity index (χ0) is 41.4. The molecule has 0 aliphatic rings. The summed E-state index contributed by atoms with van der Waals surface area (Å²) >= 11 is 3.50. The summed E-state index contributed by atoms with van der Waals surface area (Å²) < 4.78 is 6.72. The summed E-state index contributed by atoms with van der Waals surface area (Å²) in [6, 6.07) is 67.7. The molecular weight excluding hydrogens is 809 g/mol. The van der Waals surface area contributed by atoms with Gasteiger partial charge in [-0.25, -0.2) is 15.0 Å². The average molecular weight is 841 g/mol. The molecule has 6 nitrogen and oxygen atoms in total. The molecule has 5 aromatic heterocycles. The standard InChI is InChI=1S/C55H32N6S2/c1-4-17-33(18-5-1)36-25-15-30-43-46(36)37-23-10-12-29-42(37)61(43)55-59-52(35-21-8-3-9-22-35)58-54(60-55)41-28-14-26-39-47-40(27-16-32-45(47)63-50(39)41)53-56-48(34-19-6-2-7-20-34)51-49(57-53)38-24-11-13-31-44(38)62-51/h1-32H. The van der Waals surface area contributed by atoms with E-state index < -0.39 is 0 Å². The molecule has 0 unspecified atom stereocenters. The van der Waals surface area contributed by atoms with E-state index in [4.69, 9.17) is 24.9 Å². The van der Waals surface area contributed by atoms with Crippen LogP contribution in [0.5, 0.6) is 0 Å². The monoisotopic (exact) mass is 840 g/mol. The molecule has 8 heteroatoms. The van der Waals surface area contributed by atoms with Gasteiger partial charge >= 0.3 is 0 Å². The molecule has 63 heavy (non-hydrogen) atoms. The molecule has 0 aliphatic heterocycles. The normalized spacial score (nSPS) is 11.8. The van der Waals surface area contributed by atoms with Crippen LogP contribution >= 0.6 is 22.7 Å². The van der Waals surface area contributed by atoms with Crippen molar-refractivity contribution in [2.45, 2.75) is 0 Å². The van der Waals surface area contributed by atoms with E-state index in [0.29, 0.717) is 23.4 Å². The van der Waals surface area contributed by atoms with Crippen LogP contribution in [0.3, 0.4) is 0 Å². The van der Waals surface area contributed by atoms with E-state index in [9.17, 15) is 0 Å². The molecule has 294 valence electrons. The van der Waals surface area contributed by atoms with Gasteiger partial charge in [-0.15, -0.1) is 22.7 Å². The first-order valence-electron chi connectivity index (χ1n) is 20.8. The SMILES string of the molecule is c1ccc(-c2nc(-c3cccc4c3sc3cccc(-c5nc(-c6ccccc6)c6sc7ccccc7c6n5)c34)nc(-n3c4ccccc4c4c(-c5ccccc5)cccc43)n2)cc1. The Bertz CT molecular complexity index is 3910. The van der Waals surface area contributed by atoms with Crippen molar-refractivity contribution in [2.75, 3.05) is 0 Å². The Morgan fingerprint density at radius 2 is 0.905 bits per heavy atom. The number of hydrogen-bond acceptors (Lipinski definition) is 7. The number of rotatable bonds is 6. The van der Waals surface area contributed by atoms with E-state index in [-0.39, 0.29) is 0 Å². The number of nitrogens with zero attached hydrogens (tertiary/aromatic N) is 6. The van der Waals surface area contributed by atoms with Gasteiger partial charge in [-0.2, -0.15) is 9.97 Å². The van der Waals surface area contributed by atoms with E-state index in [2.05, 4.69) is 174 Å². The fraction of sp³-hybridized carbons (Fsp3) is 0. The highest BCUT2D eigenvalue weighted by Gasteiger charge is 2.23. The van der Waals surface area contributed by atoms with Crippen molar-refractivity contribution in [1.29, 1.82) is 0 Å². The highest BCUT2D eigenvalue weighted by atomic mass is 32.1. The lowest BCUT2D eigenvalue weighted by molar-refractivity contribution is 0.954. The second-order valence-electron chi connectivity index (χ2n) is 15.6. The number of para-hydroxylation sites is 1. The second-order valence-corrected chi connectivity index (χ2v) is 17.7. The van der Waals surface area contributed by atoms with E-state index in [1.807, 2.05) is 24.3 Å². The number of hydrogen-bond donors (Lipinski definition) is 0. The van der Waals surface area contributed by atoms with Gasteiger partial charge in [0.1, 0.15) is 0 Å². The van der Waals surface area contributed by atoms with Gasteiger partial charge in [-0.05, 0) is 41.5 Å². The lowest BCUT2D eigenvalue weighted by atomic mass is 9.99. The van der Waals surface area contributed by atoms with Gasteiger partial charge in [0, 0.05) is 63.3 Å².